The molecule has 1 aliphatic rings. The number of benzene rings is 1. The summed E-state index contributed by atoms with van der Waals surface area (Å²) in [6.45, 7) is 0. The Hall–Kier alpha value is -1.42. The topological polar surface area (TPSA) is 57.5 Å². The average Bonchev–Trinajstić information content (AvgIpc) is 2.17. The van der Waals surface area contributed by atoms with Crippen molar-refractivity contribution in [3.8, 4) is 0 Å². The molecule has 2 N–H and O–H groups in total. The van der Waals surface area contributed by atoms with E-state index in [1.807, 2.05) is 0 Å². The minimum absolute atomic E-state index is 0.277. The zero-order chi connectivity index (χ0) is 11.8. The Kier molecular flexibility index (Phi) is 2.68. The number of carboxylic acid groups (broad SMARTS) is 1. The molecule has 0 saturated heterocycles. The normalized spacial score (nSPS) is 28.5. The van der Waals surface area contributed by atoms with Crippen molar-refractivity contribution in [2.75, 3.05) is 0 Å². The monoisotopic (exact) mass is 224 g/mol. The van der Waals surface area contributed by atoms with Crippen LogP contribution in [-0.2, 0) is 11.2 Å². The lowest BCUT2D eigenvalue weighted by atomic mass is 9.68. The van der Waals surface area contributed by atoms with Crippen LogP contribution < -0.4 is 0 Å². The van der Waals surface area contributed by atoms with Gasteiger partial charge in [0.2, 0.25) is 0 Å². The maximum Gasteiger partial charge on any atom is 0.306 e. The minimum Gasteiger partial charge on any atom is -0.481 e. The van der Waals surface area contributed by atoms with Crippen LogP contribution in [0.25, 0.3) is 0 Å². The van der Waals surface area contributed by atoms with Gasteiger partial charge in [0.1, 0.15) is 5.82 Å². The van der Waals surface area contributed by atoms with Crippen molar-refractivity contribution in [2.45, 2.75) is 24.9 Å². The number of carboxylic acids is 1. The summed E-state index contributed by atoms with van der Waals surface area (Å²) in [6, 6.07) is 5.90. The first kappa shape index (κ1) is 11.1. The lowest BCUT2D eigenvalue weighted by Gasteiger charge is -2.41. The smallest absolute Gasteiger partial charge is 0.306 e. The van der Waals surface area contributed by atoms with Crippen LogP contribution in [0.3, 0.4) is 0 Å². The van der Waals surface area contributed by atoms with Crippen molar-refractivity contribution >= 4 is 5.97 Å². The molecule has 0 bridgehead atoms. The molecule has 1 saturated carbocycles. The number of carbonyl (C=O) groups is 1. The summed E-state index contributed by atoms with van der Waals surface area (Å²) in [6.07, 6.45) is 0.941. The predicted molar refractivity (Wildman–Crippen MR) is 55.4 cm³/mol. The molecule has 1 aliphatic carbocycles. The zero-order valence-corrected chi connectivity index (χ0v) is 8.69. The van der Waals surface area contributed by atoms with Crippen molar-refractivity contribution < 1.29 is 19.4 Å². The first-order valence-corrected chi connectivity index (χ1v) is 5.18. The molecule has 0 radical (unpaired) electrons. The fourth-order valence-electron chi connectivity index (χ4n) is 2.16. The molecule has 0 aromatic heterocycles. The van der Waals surface area contributed by atoms with Gasteiger partial charge in [-0.3, -0.25) is 4.79 Å². The highest BCUT2D eigenvalue weighted by Crippen LogP contribution is 2.40. The third-order valence-electron chi connectivity index (χ3n) is 3.05. The Morgan fingerprint density at radius 2 is 1.94 bits per heavy atom. The van der Waals surface area contributed by atoms with E-state index in [0.29, 0.717) is 6.42 Å². The Morgan fingerprint density at radius 1 is 1.38 bits per heavy atom. The van der Waals surface area contributed by atoms with Crippen LogP contribution in [0.4, 0.5) is 4.39 Å². The molecule has 0 spiro atoms. The van der Waals surface area contributed by atoms with Gasteiger partial charge in [-0.25, -0.2) is 4.39 Å². The summed E-state index contributed by atoms with van der Waals surface area (Å²) in [5.41, 5.74) is -0.103. The van der Waals surface area contributed by atoms with Crippen molar-refractivity contribution in [1.82, 2.24) is 0 Å². The van der Waals surface area contributed by atoms with Crippen LogP contribution in [0.15, 0.2) is 24.3 Å². The second kappa shape index (κ2) is 3.87. The van der Waals surface area contributed by atoms with Crippen LogP contribution in [0.2, 0.25) is 0 Å². The van der Waals surface area contributed by atoms with Gasteiger partial charge in [-0.05, 0) is 30.5 Å². The van der Waals surface area contributed by atoms with Gasteiger partial charge in [0, 0.05) is 6.42 Å². The summed E-state index contributed by atoms with van der Waals surface area (Å²) in [5, 5.41) is 18.7. The van der Waals surface area contributed by atoms with E-state index < -0.39 is 17.5 Å². The summed E-state index contributed by atoms with van der Waals surface area (Å²) in [5.74, 6) is -1.61. The van der Waals surface area contributed by atoms with E-state index in [1.54, 1.807) is 12.1 Å². The van der Waals surface area contributed by atoms with E-state index >= 15 is 0 Å². The SMILES string of the molecule is O=C(O)C1CC(O)(Cc2ccc(F)cc2)C1. The molecule has 1 fully saturated rings. The highest BCUT2D eigenvalue weighted by Gasteiger charge is 2.46. The first-order valence-electron chi connectivity index (χ1n) is 5.18. The van der Waals surface area contributed by atoms with Gasteiger partial charge in [-0.15, -0.1) is 0 Å². The number of rotatable bonds is 3. The largest absolute Gasteiger partial charge is 0.481 e. The molecular formula is C12H13FO3. The van der Waals surface area contributed by atoms with Gasteiger partial charge in [0.05, 0.1) is 11.5 Å². The Bertz CT molecular complexity index is 393. The van der Waals surface area contributed by atoms with Crippen LogP contribution in [-0.4, -0.2) is 21.8 Å². The summed E-state index contributed by atoms with van der Waals surface area (Å²) in [7, 11) is 0. The van der Waals surface area contributed by atoms with E-state index in [9.17, 15) is 14.3 Å². The van der Waals surface area contributed by atoms with E-state index in [1.165, 1.54) is 12.1 Å². The van der Waals surface area contributed by atoms with E-state index in [4.69, 9.17) is 5.11 Å². The Labute approximate surface area is 92.5 Å². The lowest BCUT2D eigenvalue weighted by molar-refractivity contribution is -0.158. The Morgan fingerprint density at radius 3 is 2.44 bits per heavy atom. The van der Waals surface area contributed by atoms with E-state index in [-0.39, 0.29) is 18.7 Å². The van der Waals surface area contributed by atoms with E-state index in [0.717, 1.165) is 5.56 Å². The summed E-state index contributed by atoms with van der Waals surface area (Å²) in [4.78, 5) is 10.6. The molecule has 3 nitrogen and oxygen atoms in total. The fraction of sp³-hybridized carbons (Fsp3) is 0.417. The number of halogens is 1. The molecule has 1 aromatic rings. The van der Waals surface area contributed by atoms with Gasteiger partial charge in [0.25, 0.3) is 0 Å². The zero-order valence-electron chi connectivity index (χ0n) is 8.69. The first-order chi connectivity index (χ1) is 7.48. The van der Waals surface area contributed by atoms with Crippen molar-refractivity contribution in [2.24, 2.45) is 5.92 Å². The minimum atomic E-state index is -0.930. The maximum atomic E-state index is 12.6. The lowest BCUT2D eigenvalue weighted by Crippen LogP contribution is -2.48. The molecule has 0 aliphatic heterocycles. The number of aliphatic hydroxyl groups is 1. The van der Waals surface area contributed by atoms with E-state index in [2.05, 4.69) is 0 Å². The molecule has 4 heteroatoms. The van der Waals surface area contributed by atoms with Crippen LogP contribution in [0, 0.1) is 11.7 Å². The Balaban J connectivity index is 1.96. The molecule has 1 aromatic carbocycles. The fourth-order valence-corrected chi connectivity index (χ4v) is 2.16. The van der Waals surface area contributed by atoms with Crippen molar-refractivity contribution in [1.29, 1.82) is 0 Å². The number of aliphatic carboxylic acids is 1. The molecule has 0 atom stereocenters. The highest BCUT2D eigenvalue weighted by molar-refractivity contribution is 5.71. The summed E-state index contributed by atoms with van der Waals surface area (Å²) < 4.78 is 12.6. The average molecular weight is 224 g/mol. The third-order valence-corrected chi connectivity index (χ3v) is 3.05. The number of hydrogen-bond acceptors (Lipinski definition) is 2. The van der Waals surface area contributed by atoms with Crippen molar-refractivity contribution in [3.63, 3.8) is 0 Å². The molecule has 86 valence electrons. The van der Waals surface area contributed by atoms with Gasteiger partial charge < -0.3 is 10.2 Å². The second-order valence-electron chi connectivity index (χ2n) is 4.47. The van der Waals surface area contributed by atoms with Gasteiger partial charge in [0.15, 0.2) is 0 Å². The molecule has 0 unspecified atom stereocenters. The molecule has 0 amide bonds. The standard InChI is InChI=1S/C12H13FO3/c13-10-3-1-8(2-4-10)5-12(16)6-9(7-12)11(14)15/h1-4,9,16H,5-7H2,(H,14,15). The third kappa shape index (κ3) is 2.22. The maximum absolute atomic E-state index is 12.6. The second-order valence-corrected chi connectivity index (χ2v) is 4.47. The molecule has 0 heterocycles. The van der Waals surface area contributed by atoms with Crippen LogP contribution >= 0.6 is 0 Å². The van der Waals surface area contributed by atoms with Crippen LogP contribution in [0.5, 0.6) is 0 Å². The molecule has 2 rings (SSSR count). The predicted octanol–water partition coefficient (Wildman–Crippen LogP) is 1.59. The number of hydrogen-bond donors (Lipinski definition) is 2. The van der Waals surface area contributed by atoms with Gasteiger partial charge >= 0.3 is 5.97 Å². The van der Waals surface area contributed by atoms with Gasteiger partial charge in [-0.1, -0.05) is 12.1 Å². The van der Waals surface area contributed by atoms with Crippen LogP contribution in [0.1, 0.15) is 18.4 Å². The highest BCUT2D eigenvalue weighted by atomic mass is 19.1. The summed E-state index contributed by atoms with van der Waals surface area (Å²) >= 11 is 0. The molecule has 16 heavy (non-hydrogen) atoms. The quantitative estimate of drug-likeness (QED) is 0.819. The van der Waals surface area contributed by atoms with Crippen molar-refractivity contribution in [3.05, 3.63) is 35.6 Å². The molecular weight excluding hydrogens is 211 g/mol. The van der Waals surface area contributed by atoms with Gasteiger partial charge in [-0.2, -0.15) is 0 Å².